The van der Waals surface area contributed by atoms with E-state index in [1.807, 2.05) is 12.1 Å². The molecule has 0 saturated heterocycles. The molecule has 3 heteroatoms. The molecule has 2 unspecified atom stereocenters. The van der Waals surface area contributed by atoms with Crippen LogP contribution in [0.4, 0.5) is 0 Å². The first-order chi connectivity index (χ1) is 12.7. The minimum atomic E-state index is -0.492. The van der Waals surface area contributed by atoms with E-state index in [4.69, 9.17) is 4.74 Å². The molecular weight excluding hydrogens is 322 g/mol. The molecule has 0 amide bonds. The zero-order valence-corrected chi connectivity index (χ0v) is 15.8. The molecule has 3 nitrogen and oxygen atoms in total. The molecule has 2 atom stereocenters. The summed E-state index contributed by atoms with van der Waals surface area (Å²) in [4.78, 5) is 0. The Bertz CT molecular complexity index is 671. The van der Waals surface area contributed by atoms with Gasteiger partial charge >= 0.3 is 0 Å². The summed E-state index contributed by atoms with van der Waals surface area (Å²) in [5.74, 6) is 0.957. The highest BCUT2D eigenvalue weighted by Gasteiger charge is 2.15. The van der Waals surface area contributed by atoms with Gasteiger partial charge in [-0.2, -0.15) is 0 Å². The lowest BCUT2D eigenvalue weighted by Gasteiger charge is -2.21. The second-order valence-electron chi connectivity index (χ2n) is 7.40. The number of nitrogens with one attached hydrogen (secondary N) is 1. The predicted molar refractivity (Wildman–Crippen MR) is 107 cm³/mol. The highest BCUT2D eigenvalue weighted by molar-refractivity contribution is 5.41. The fourth-order valence-corrected chi connectivity index (χ4v) is 3.59. The first-order valence-corrected chi connectivity index (χ1v) is 9.91. The molecule has 1 aliphatic carbocycles. The minimum Gasteiger partial charge on any atom is -0.491 e. The van der Waals surface area contributed by atoms with Crippen molar-refractivity contribution in [1.29, 1.82) is 0 Å². The summed E-state index contributed by atoms with van der Waals surface area (Å²) >= 11 is 0. The lowest BCUT2D eigenvalue weighted by molar-refractivity contribution is 0.103. The summed E-state index contributed by atoms with van der Waals surface area (Å²) in [6.07, 6.45) is 6.36. The number of ether oxygens (including phenoxy) is 1. The van der Waals surface area contributed by atoms with Gasteiger partial charge in [0, 0.05) is 12.6 Å². The van der Waals surface area contributed by atoms with Crippen LogP contribution in [0.25, 0.3) is 0 Å². The van der Waals surface area contributed by atoms with E-state index in [0.717, 1.165) is 31.4 Å². The normalized spacial score (nSPS) is 15.9. The van der Waals surface area contributed by atoms with Crippen molar-refractivity contribution in [1.82, 2.24) is 5.32 Å². The Morgan fingerprint density at radius 3 is 2.69 bits per heavy atom. The lowest BCUT2D eigenvalue weighted by atomic mass is 9.91. The molecule has 0 spiro atoms. The van der Waals surface area contributed by atoms with E-state index in [2.05, 4.69) is 48.6 Å². The van der Waals surface area contributed by atoms with Crippen LogP contribution in [0.2, 0.25) is 0 Å². The molecule has 0 aromatic heterocycles. The predicted octanol–water partition coefficient (Wildman–Crippen LogP) is 3.92. The van der Waals surface area contributed by atoms with Crippen molar-refractivity contribution >= 4 is 0 Å². The van der Waals surface area contributed by atoms with Crippen molar-refractivity contribution < 1.29 is 9.84 Å². The Hall–Kier alpha value is -1.84. The van der Waals surface area contributed by atoms with Crippen LogP contribution in [-0.4, -0.2) is 30.4 Å². The van der Waals surface area contributed by atoms with E-state index < -0.39 is 6.10 Å². The zero-order chi connectivity index (χ0) is 18.2. The van der Waals surface area contributed by atoms with Gasteiger partial charge in [-0.1, -0.05) is 42.5 Å². The number of hydrogen-bond acceptors (Lipinski definition) is 3. The summed E-state index contributed by atoms with van der Waals surface area (Å²) in [5.41, 5.74) is 4.12. The van der Waals surface area contributed by atoms with Crippen molar-refractivity contribution in [2.45, 2.75) is 57.6 Å². The van der Waals surface area contributed by atoms with Crippen LogP contribution in [0.3, 0.4) is 0 Å². The van der Waals surface area contributed by atoms with E-state index in [1.54, 1.807) is 0 Å². The highest BCUT2D eigenvalue weighted by atomic mass is 16.5. The molecule has 26 heavy (non-hydrogen) atoms. The zero-order valence-electron chi connectivity index (χ0n) is 15.8. The summed E-state index contributed by atoms with van der Waals surface area (Å²) in [6, 6.07) is 17.2. The smallest absolute Gasteiger partial charge is 0.122 e. The Balaban J connectivity index is 1.38. The topological polar surface area (TPSA) is 41.5 Å². The summed E-state index contributed by atoms with van der Waals surface area (Å²) < 4.78 is 5.94. The lowest BCUT2D eigenvalue weighted by Crippen LogP contribution is -2.36. The molecule has 140 valence electrons. The summed E-state index contributed by atoms with van der Waals surface area (Å²) in [5, 5.41) is 13.7. The Kier molecular flexibility index (Phi) is 7.10. The second kappa shape index (κ2) is 9.75. The quantitative estimate of drug-likeness (QED) is 0.718. The molecule has 0 radical (unpaired) electrons. The second-order valence-corrected chi connectivity index (χ2v) is 7.40. The van der Waals surface area contributed by atoms with Crippen molar-refractivity contribution in [3.63, 3.8) is 0 Å². The van der Waals surface area contributed by atoms with Gasteiger partial charge in [0.2, 0.25) is 0 Å². The number of benzene rings is 2. The van der Waals surface area contributed by atoms with E-state index in [9.17, 15) is 5.11 Å². The molecule has 0 saturated carbocycles. The summed E-state index contributed by atoms with van der Waals surface area (Å²) in [7, 11) is 0. The Labute approximate surface area is 157 Å². The maximum Gasteiger partial charge on any atom is 0.122 e. The van der Waals surface area contributed by atoms with Crippen molar-refractivity contribution in [2.75, 3.05) is 13.2 Å². The monoisotopic (exact) mass is 353 g/mol. The first-order valence-electron chi connectivity index (χ1n) is 9.91. The van der Waals surface area contributed by atoms with Crippen LogP contribution in [-0.2, 0) is 19.3 Å². The maximum absolute atomic E-state index is 10.3. The highest BCUT2D eigenvalue weighted by Crippen LogP contribution is 2.29. The molecule has 2 aromatic carbocycles. The van der Waals surface area contributed by atoms with Gasteiger partial charge in [0.1, 0.15) is 18.5 Å². The van der Waals surface area contributed by atoms with Gasteiger partial charge in [0.25, 0.3) is 0 Å². The molecule has 0 heterocycles. The number of hydrogen-bond donors (Lipinski definition) is 2. The van der Waals surface area contributed by atoms with Gasteiger partial charge in [0.15, 0.2) is 0 Å². The van der Waals surface area contributed by atoms with Crippen molar-refractivity contribution in [2.24, 2.45) is 0 Å². The third-order valence-electron chi connectivity index (χ3n) is 5.19. The van der Waals surface area contributed by atoms with Crippen molar-refractivity contribution in [3.8, 4) is 5.75 Å². The molecule has 0 fully saturated rings. The maximum atomic E-state index is 10.3. The fourth-order valence-electron chi connectivity index (χ4n) is 3.59. The molecule has 2 aromatic rings. The Morgan fingerprint density at radius 1 is 1.04 bits per heavy atom. The average Bonchev–Trinajstić information content (AvgIpc) is 2.70. The largest absolute Gasteiger partial charge is 0.491 e. The van der Waals surface area contributed by atoms with Gasteiger partial charge in [-0.05, 0) is 68.2 Å². The SMILES string of the molecule is CC(CCc1ccccc1)NCC(O)COc1cccc2c1CCCC2. The van der Waals surface area contributed by atoms with Crippen LogP contribution in [0, 0.1) is 0 Å². The van der Waals surface area contributed by atoms with Crippen LogP contribution in [0.5, 0.6) is 5.75 Å². The molecule has 1 aliphatic rings. The number of aryl methyl sites for hydroxylation is 2. The standard InChI is InChI=1S/C23H31NO2/c1-18(14-15-19-8-3-2-4-9-19)24-16-21(25)17-26-23-13-7-11-20-10-5-6-12-22(20)23/h2-4,7-9,11,13,18,21,24-25H,5-6,10,12,14-17H2,1H3. The van der Waals surface area contributed by atoms with Crippen LogP contribution in [0.15, 0.2) is 48.5 Å². The number of aliphatic hydroxyl groups is 1. The van der Waals surface area contributed by atoms with Crippen LogP contribution >= 0.6 is 0 Å². The van der Waals surface area contributed by atoms with Gasteiger partial charge in [-0.25, -0.2) is 0 Å². The van der Waals surface area contributed by atoms with E-state index in [0.29, 0.717) is 19.2 Å². The first kappa shape index (κ1) is 18.9. The molecule has 2 N–H and O–H groups in total. The van der Waals surface area contributed by atoms with Gasteiger partial charge in [-0.15, -0.1) is 0 Å². The molecule has 0 aliphatic heterocycles. The molecule has 3 rings (SSSR count). The fraction of sp³-hybridized carbons (Fsp3) is 0.478. The van der Waals surface area contributed by atoms with Gasteiger partial charge in [-0.3, -0.25) is 0 Å². The van der Waals surface area contributed by atoms with Crippen molar-refractivity contribution in [3.05, 3.63) is 65.2 Å². The minimum absolute atomic E-state index is 0.342. The Morgan fingerprint density at radius 2 is 1.85 bits per heavy atom. The van der Waals surface area contributed by atoms with Gasteiger partial charge in [0.05, 0.1) is 0 Å². The van der Waals surface area contributed by atoms with Crippen LogP contribution in [0.1, 0.15) is 42.9 Å². The molecule has 0 bridgehead atoms. The average molecular weight is 354 g/mol. The van der Waals surface area contributed by atoms with E-state index in [-0.39, 0.29) is 0 Å². The third-order valence-corrected chi connectivity index (χ3v) is 5.19. The van der Waals surface area contributed by atoms with E-state index >= 15 is 0 Å². The number of fused-ring (bicyclic) bond motifs is 1. The molecular formula is C23H31NO2. The third kappa shape index (κ3) is 5.58. The number of rotatable bonds is 9. The van der Waals surface area contributed by atoms with E-state index in [1.165, 1.54) is 29.5 Å². The summed E-state index contributed by atoms with van der Waals surface area (Å²) in [6.45, 7) is 3.07. The van der Waals surface area contributed by atoms with Crippen LogP contribution < -0.4 is 10.1 Å². The van der Waals surface area contributed by atoms with Gasteiger partial charge < -0.3 is 15.2 Å². The number of aliphatic hydroxyl groups excluding tert-OH is 1.